The molecule has 0 unspecified atom stereocenters. The molecule has 0 bridgehead atoms. The Hall–Kier alpha value is -15.1. The minimum Gasteiger partial charge on any atom is -0.493 e. The van der Waals surface area contributed by atoms with Crippen LogP contribution in [0.4, 0.5) is 62.9 Å². The molecule has 1 aliphatic carbocycles. The van der Waals surface area contributed by atoms with Gasteiger partial charge in [0.05, 0.1) is 101 Å². The minimum absolute atomic E-state index is 0.0868. The second-order valence-electron chi connectivity index (χ2n) is 36.1. The van der Waals surface area contributed by atoms with Gasteiger partial charge in [-0.05, 0) is 371 Å². The molecule has 0 saturated heterocycles. The van der Waals surface area contributed by atoms with Crippen molar-refractivity contribution in [2.45, 2.75) is 217 Å². The Kier molecular flexibility index (Phi) is 45.5. The summed E-state index contributed by atoms with van der Waals surface area (Å²) in [5.41, 5.74) is 29.4. The number of ether oxygens (including phenoxy) is 13. The van der Waals surface area contributed by atoms with E-state index < -0.39 is 36.6 Å². The summed E-state index contributed by atoms with van der Waals surface area (Å²) in [7, 11) is 7.26. The number of carbonyl (C=O) groups excluding carboxylic acids is 6. The monoisotopic (exact) mass is 2080 g/mol. The van der Waals surface area contributed by atoms with Gasteiger partial charge >= 0.3 is 36.6 Å². The number of rotatable bonds is 29. The number of hydrogen-bond acceptors (Lipinski definition) is 26. The molecule has 7 N–H and O–H groups in total. The topological polar surface area (TPSA) is 383 Å². The van der Waals surface area contributed by atoms with E-state index in [1.807, 2.05) is 190 Å². The quantitative estimate of drug-likeness (QED) is 0.0130. The SMILES string of the molecule is CCOc1cccc(N(O)C(=O)OC)c1COc1cc(C)c(C)cc1C.CCc1cccc(N(O)C(=O)OC)c1COc1cc(C)c(C)cc1C.COC(=O)N(O)c1cccc(C)c1COc1cc(C)c(C)cc1C.COC(=O)N(O)c1cccc(C)c1COc1cc(C)c(C)cc1Cl.COC(=O)N(O)c1cccc(C2CC2)c1COc1cc(C)c(C)cc1C.COC(=O)N(O)c1cccc(CO)c1COc1cc(C)c(C)cc1C. The normalized spacial score (nSPS) is 11.0. The van der Waals surface area contributed by atoms with Crippen molar-refractivity contribution < 1.29 is 127 Å². The highest BCUT2D eigenvalue weighted by atomic mass is 35.5. The predicted molar refractivity (Wildman–Crippen MR) is 577 cm³/mol. The Morgan fingerprint density at radius 3 is 0.793 bits per heavy atom. The number of hydroxylamine groups is 6. The van der Waals surface area contributed by atoms with Crippen LogP contribution in [0.15, 0.2) is 182 Å². The van der Waals surface area contributed by atoms with Crippen LogP contribution in [0, 0.1) is 132 Å². The molecule has 6 amide bonds. The lowest BCUT2D eigenvalue weighted by molar-refractivity contribution is 0.140. The zero-order valence-corrected chi connectivity index (χ0v) is 91.4. The molecule has 1 saturated carbocycles. The summed E-state index contributed by atoms with van der Waals surface area (Å²) in [4.78, 5) is 70.0. The Bertz CT molecular complexity index is 6460. The maximum absolute atomic E-state index is 11.8. The first-order valence-electron chi connectivity index (χ1n) is 48.5. The Balaban J connectivity index is 0.000000219. The molecule has 0 spiro atoms. The summed E-state index contributed by atoms with van der Waals surface area (Å²) < 4.78 is 68.9. The van der Waals surface area contributed by atoms with Crippen molar-refractivity contribution in [3.63, 3.8) is 0 Å². The van der Waals surface area contributed by atoms with Crippen molar-refractivity contribution in [1.82, 2.24) is 0 Å². The van der Waals surface area contributed by atoms with Gasteiger partial charge in [-0.3, -0.25) is 31.2 Å². The number of nitrogens with zero attached hydrogens (tertiary/aromatic N) is 6. The van der Waals surface area contributed by atoms with Crippen LogP contribution >= 0.6 is 11.6 Å². The summed E-state index contributed by atoms with van der Waals surface area (Å²) in [6.07, 6.45) is -2.19. The van der Waals surface area contributed by atoms with Gasteiger partial charge in [0, 0.05) is 27.8 Å². The zero-order chi connectivity index (χ0) is 111. The number of methoxy groups -OCH3 is 6. The number of aryl methyl sites for hydroxylation is 20. The van der Waals surface area contributed by atoms with E-state index >= 15 is 0 Å². The number of halogens is 1. The first kappa shape index (κ1) is 120. The number of anilines is 6. The van der Waals surface area contributed by atoms with E-state index in [4.69, 9.17) is 44.8 Å². The molecule has 12 aromatic rings. The Morgan fingerprint density at radius 1 is 0.260 bits per heavy atom. The van der Waals surface area contributed by atoms with Gasteiger partial charge < -0.3 is 66.7 Å². The molecule has 1 aliphatic rings. The van der Waals surface area contributed by atoms with Crippen molar-refractivity contribution in [3.8, 4) is 40.2 Å². The largest absolute Gasteiger partial charge is 0.493 e. The van der Waals surface area contributed by atoms with Gasteiger partial charge in [-0.25, -0.2) is 28.8 Å². The Morgan fingerprint density at radius 2 is 0.493 bits per heavy atom. The number of hydrogen-bond donors (Lipinski definition) is 7. The van der Waals surface area contributed by atoms with E-state index in [0.717, 1.165) is 142 Å². The summed E-state index contributed by atoms with van der Waals surface area (Å²) in [5, 5.41) is 73.6. The predicted octanol–water partition coefficient (Wildman–Crippen LogP) is 27.2. The third kappa shape index (κ3) is 32.0. The van der Waals surface area contributed by atoms with Crippen molar-refractivity contribution in [2.24, 2.45) is 0 Å². The number of amides is 6. The lowest BCUT2D eigenvalue weighted by Gasteiger charge is -2.21. The standard InChI is InChI=1S/C21H25NO4.C20H25NO5.C20H25NO4.C19H23NO5.C19H23NO4.C18H20ClNO4/c1-13-10-15(3)20(11-14(13)2)26-12-18-17(16-8-9-16)6-5-7-19(18)22(24)21(23)25-4;1-6-25-18-9-7-8-17(21(23)20(22)24-5)16(18)12-26-19-11-14(3)13(2)10-15(19)4;1-6-16-8-7-9-18(21(23)20(22)24-5)17(16)12-25-19-11-14(3)13(2)10-15(19)4;1-12-8-14(3)18(9-13(12)2)25-11-16-15(10-21)6-5-7-17(16)20(23)19(22)24-4;1-12-7-6-8-17(20(22)19(21)23-5)16(12)11-24-18-10-14(3)13(2)9-15(18)4;1-11-6-5-7-16(20(22)18(21)23-4)14(11)10-24-17-9-13(3)12(2)8-15(17)19/h5-7,10-11,16,24H,8-9,12H2,1-4H3;7-11,23H,6,12H2,1-5H3;7-11,23H,6,12H2,1-5H3;5-9,21,23H,10-11H2,1-4H3;6-10,22H,11H2,1-5H3;5-9,22H,10H2,1-4H3. The van der Waals surface area contributed by atoms with Crippen molar-refractivity contribution >= 4 is 82.3 Å². The van der Waals surface area contributed by atoms with E-state index in [1.165, 1.54) is 76.0 Å². The average molecular weight is 2080 g/mol. The molecule has 0 aliphatic heterocycles. The number of benzene rings is 12. The van der Waals surface area contributed by atoms with E-state index in [9.17, 15) is 65.1 Å². The molecule has 32 nitrogen and oxygen atoms in total. The summed E-state index contributed by atoms with van der Waals surface area (Å²) in [6, 6.07) is 55.6. The van der Waals surface area contributed by atoms with Crippen LogP contribution in [0.3, 0.4) is 0 Å². The smallest absolute Gasteiger partial charge is 0.438 e. The molecule has 0 aromatic heterocycles. The number of aliphatic hydroxyl groups excluding tert-OH is 1. The highest BCUT2D eigenvalue weighted by Gasteiger charge is 2.32. The molecular weight excluding hydrogens is 1940 g/mol. The highest BCUT2D eigenvalue weighted by molar-refractivity contribution is 6.32. The highest BCUT2D eigenvalue weighted by Crippen LogP contribution is 2.45. The van der Waals surface area contributed by atoms with Crippen LogP contribution in [-0.2, 0) is 81.1 Å². The average Bonchev–Trinajstić information content (AvgIpc) is 1.64. The van der Waals surface area contributed by atoms with E-state index in [0.29, 0.717) is 110 Å². The van der Waals surface area contributed by atoms with Crippen LogP contribution in [0.1, 0.15) is 188 Å². The van der Waals surface area contributed by atoms with Gasteiger partial charge in [-0.2, -0.15) is 30.4 Å². The van der Waals surface area contributed by atoms with Crippen LogP contribution in [0.2, 0.25) is 5.02 Å². The molecule has 802 valence electrons. The van der Waals surface area contributed by atoms with E-state index in [-0.39, 0.29) is 57.6 Å². The van der Waals surface area contributed by atoms with Gasteiger partial charge in [0.1, 0.15) is 79.9 Å². The van der Waals surface area contributed by atoms with Crippen molar-refractivity contribution in [1.29, 1.82) is 0 Å². The Labute approximate surface area is 883 Å². The molecule has 12 aromatic carbocycles. The van der Waals surface area contributed by atoms with Gasteiger partial charge in [-0.1, -0.05) is 116 Å². The third-order valence-electron chi connectivity index (χ3n) is 25.6. The van der Waals surface area contributed by atoms with Crippen LogP contribution in [0.25, 0.3) is 0 Å². The zero-order valence-electron chi connectivity index (χ0n) is 90.6. The molecule has 13 rings (SSSR count). The van der Waals surface area contributed by atoms with Gasteiger partial charge in [0.25, 0.3) is 0 Å². The van der Waals surface area contributed by atoms with Crippen LogP contribution in [0.5, 0.6) is 40.2 Å². The fourth-order valence-corrected chi connectivity index (χ4v) is 16.1. The lowest BCUT2D eigenvalue weighted by Crippen LogP contribution is -2.28. The molecule has 0 atom stereocenters. The first-order chi connectivity index (χ1) is 71.3. The maximum Gasteiger partial charge on any atom is 0.438 e. The van der Waals surface area contributed by atoms with Crippen LogP contribution < -0.4 is 63.5 Å². The van der Waals surface area contributed by atoms with E-state index in [1.54, 1.807) is 78.9 Å². The number of aliphatic hydroxyl groups is 1. The fraction of sp³-hybridized carbons (Fsp3) is 0.333. The van der Waals surface area contributed by atoms with Crippen molar-refractivity contribution in [3.05, 3.63) is 343 Å². The summed E-state index contributed by atoms with van der Waals surface area (Å²) in [6.45, 7) is 43.3. The molecular formula is C117H141ClN6O26. The van der Waals surface area contributed by atoms with E-state index in [2.05, 4.69) is 87.3 Å². The molecule has 0 radical (unpaired) electrons. The number of carbonyl (C=O) groups is 6. The molecule has 0 heterocycles. The third-order valence-corrected chi connectivity index (χ3v) is 25.9. The lowest BCUT2D eigenvalue weighted by atomic mass is 10.0. The second-order valence-corrected chi connectivity index (χ2v) is 36.5. The maximum atomic E-state index is 11.8. The second kappa shape index (κ2) is 56.9. The first-order valence-corrected chi connectivity index (χ1v) is 48.9. The van der Waals surface area contributed by atoms with Gasteiger partial charge in [-0.15, -0.1) is 0 Å². The summed E-state index contributed by atoms with van der Waals surface area (Å²) >= 11 is 6.22. The van der Waals surface area contributed by atoms with Crippen molar-refractivity contribution in [2.75, 3.05) is 79.6 Å². The molecule has 33 heteroatoms. The minimum atomic E-state index is -0.918. The van der Waals surface area contributed by atoms with Gasteiger partial charge in [0.2, 0.25) is 0 Å². The van der Waals surface area contributed by atoms with Crippen LogP contribution in [-0.4, -0.2) is 122 Å². The molecule has 1 fully saturated rings. The summed E-state index contributed by atoms with van der Waals surface area (Å²) in [5.74, 6) is 5.40. The van der Waals surface area contributed by atoms with Gasteiger partial charge in [0.15, 0.2) is 0 Å². The molecule has 150 heavy (non-hydrogen) atoms. The fourth-order valence-electron chi connectivity index (χ4n) is 15.8.